The normalized spacial score (nSPS) is 22.2. The molecule has 4 nitrogen and oxygen atoms in total. The van der Waals surface area contributed by atoms with Crippen molar-refractivity contribution >= 4 is 0 Å². The Kier molecular flexibility index (Phi) is 4.30. The standard InChI is InChI=1S/C12H18N2O2/c15-13-8-12-10-14(6-7-16-12)9-11-4-2-1-3-5-11/h1-5,12-13,15H,6-10H2. The molecule has 0 saturated carbocycles. The van der Waals surface area contributed by atoms with Crippen LogP contribution in [0, 0.1) is 0 Å². The van der Waals surface area contributed by atoms with E-state index in [-0.39, 0.29) is 6.10 Å². The number of nitrogens with zero attached hydrogens (tertiary/aromatic N) is 1. The fourth-order valence-corrected chi connectivity index (χ4v) is 1.99. The maximum Gasteiger partial charge on any atom is 0.0849 e. The van der Waals surface area contributed by atoms with Gasteiger partial charge in [0.05, 0.1) is 12.7 Å². The van der Waals surface area contributed by atoms with E-state index < -0.39 is 0 Å². The molecule has 1 saturated heterocycles. The number of benzene rings is 1. The van der Waals surface area contributed by atoms with Crippen molar-refractivity contribution in [2.24, 2.45) is 0 Å². The lowest BCUT2D eigenvalue weighted by molar-refractivity contribution is -0.0442. The lowest BCUT2D eigenvalue weighted by Crippen LogP contribution is -2.45. The molecule has 1 aliphatic rings. The first-order valence-electron chi connectivity index (χ1n) is 5.63. The van der Waals surface area contributed by atoms with Crippen LogP contribution in [-0.2, 0) is 11.3 Å². The first-order valence-corrected chi connectivity index (χ1v) is 5.63. The van der Waals surface area contributed by atoms with Crippen molar-refractivity contribution in [3.05, 3.63) is 35.9 Å². The molecule has 1 aliphatic heterocycles. The predicted molar refractivity (Wildman–Crippen MR) is 61.2 cm³/mol. The Morgan fingerprint density at radius 3 is 2.94 bits per heavy atom. The van der Waals surface area contributed by atoms with Gasteiger partial charge in [-0.3, -0.25) is 4.90 Å². The van der Waals surface area contributed by atoms with Gasteiger partial charge in [0, 0.05) is 26.2 Å². The van der Waals surface area contributed by atoms with Gasteiger partial charge >= 0.3 is 0 Å². The van der Waals surface area contributed by atoms with E-state index in [2.05, 4.69) is 34.6 Å². The molecule has 1 unspecified atom stereocenters. The fraction of sp³-hybridized carbons (Fsp3) is 0.500. The third kappa shape index (κ3) is 3.28. The summed E-state index contributed by atoms with van der Waals surface area (Å²) in [6, 6.07) is 10.4. The minimum atomic E-state index is 0.0856. The molecule has 0 aliphatic carbocycles. The largest absolute Gasteiger partial charge is 0.374 e. The van der Waals surface area contributed by atoms with Gasteiger partial charge < -0.3 is 9.94 Å². The number of hydrogen-bond acceptors (Lipinski definition) is 4. The summed E-state index contributed by atoms with van der Waals surface area (Å²) in [5.74, 6) is 0. The average molecular weight is 222 g/mol. The van der Waals surface area contributed by atoms with Gasteiger partial charge in [-0.05, 0) is 5.56 Å². The summed E-state index contributed by atoms with van der Waals surface area (Å²) in [4.78, 5) is 2.35. The molecule has 88 valence electrons. The van der Waals surface area contributed by atoms with Crippen LogP contribution in [0.25, 0.3) is 0 Å². The highest BCUT2D eigenvalue weighted by atomic mass is 16.5. The van der Waals surface area contributed by atoms with Crippen LogP contribution in [0.2, 0.25) is 0 Å². The van der Waals surface area contributed by atoms with Crippen molar-refractivity contribution in [3.63, 3.8) is 0 Å². The maximum atomic E-state index is 8.65. The molecular formula is C12H18N2O2. The summed E-state index contributed by atoms with van der Waals surface area (Å²) in [6.45, 7) is 4.00. The molecule has 0 spiro atoms. The van der Waals surface area contributed by atoms with E-state index in [4.69, 9.17) is 9.94 Å². The number of rotatable bonds is 4. The summed E-state index contributed by atoms with van der Waals surface area (Å²) in [6.07, 6.45) is 0.0856. The van der Waals surface area contributed by atoms with Crippen molar-refractivity contribution in [2.75, 3.05) is 26.2 Å². The fourth-order valence-electron chi connectivity index (χ4n) is 1.99. The minimum Gasteiger partial charge on any atom is -0.374 e. The third-order valence-corrected chi connectivity index (χ3v) is 2.79. The lowest BCUT2D eigenvalue weighted by Gasteiger charge is -2.32. The van der Waals surface area contributed by atoms with Crippen LogP contribution in [-0.4, -0.2) is 42.5 Å². The smallest absolute Gasteiger partial charge is 0.0849 e. The number of hydrogen-bond donors (Lipinski definition) is 2. The molecular weight excluding hydrogens is 204 g/mol. The molecule has 16 heavy (non-hydrogen) atoms. The molecule has 1 aromatic rings. The van der Waals surface area contributed by atoms with E-state index in [1.54, 1.807) is 0 Å². The highest BCUT2D eigenvalue weighted by molar-refractivity contribution is 5.14. The molecule has 0 aromatic heterocycles. The van der Waals surface area contributed by atoms with E-state index in [0.29, 0.717) is 6.54 Å². The SMILES string of the molecule is ONCC1CN(Cc2ccccc2)CCO1. The zero-order valence-electron chi connectivity index (χ0n) is 9.30. The van der Waals surface area contributed by atoms with Crippen molar-refractivity contribution in [1.29, 1.82) is 0 Å². The number of nitrogens with one attached hydrogen (secondary N) is 1. The minimum absolute atomic E-state index is 0.0856. The first kappa shape index (κ1) is 11.5. The van der Waals surface area contributed by atoms with E-state index >= 15 is 0 Å². The van der Waals surface area contributed by atoms with Gasteiger partial charge in [-0.15, -0.1) is 0 Å². The second-order valence-corrected chi connectivity index (χ2v) is 4.08. The van der Waals surface area contributed by atoms with Crippen LogP contribution in [0.4, 0.5) is 0 Å². The molecule has 1 aromatic carbocycles. The monoisotopic (exact) mass is 222 g/mol. The van der Waals surface area contributed by atoms with Gasteiger partial charge in [0.2, 0.25) is 0 Å². The molecule has 0 radical (unpaired) electrons. The van der Waals surface area contributed by atoms with Crippen molar-refractivity contribution in [1.82, 2.24) is 10.4 Å². The Morgan fingerprint density at radius 1 is 1.38 bits per heavy atom. The molecule has 0 bridgehead atoms. The molecule has 1 atom stereocenters. The van der Waals surface area contributed by atoms with E-state index in [1.165, 1.54) is 5.56 Å². The van der Waals surface area contributed by atoms with E-state index in [9.17, 15) is 0 Å². The molecule has 2 rings (SSSR count). The Labute approximate surface area is 95.8 Å². The van der Waals surface area contributed by atoms with Gasteiger partial charge in [-0.2, -0.15) is 0 Å². The van der Waals surface area contributed by atoms with Gasteiger partial charge in [-0.25, -0.2) is 5.48 Å². The third-order valence-electron chi connectivity index (χ3n) is 2.79. The Bertz CT molecular complexity index is 303. The van der Waals surface area contributed by atoms with Gasteiger partial charge in [-0.1, -0.05) is 30.3 Å². The Balaban J connectivity index is 1.85. The van der Waals surface area contributed by atoms with Crippen LogP contribution in [0.5, 0.6) is 0 Å². The van der Waals surface area contributed by atoms with Crippen molar-refractivity contribution in [2.45, 2.75) is 12.6 Å². The maximum absolute atomic E-state index is 8.65. The van der Waals surface area contributed by atoms with Gasteiger partial charge in [0.1, 0.15) is 0 Å². The van der Waals surface area contributed by atoms with Crippen molar-refractivity contribution in [3.8, 4) is 0 Å². The Hall–Kier alpha value is -0.940. The van der Waals surface area contributed by atoms with Crippen LogP contribution < -0.4 is 5.48 Å². The van der Waals surface area contributed by atoms with Crippen LogP contribution >= 0.6 is 0 Å². The summed E-state index contributed by atoms with van der Waals surface area (Å²) in [5, 5.41) is 8.65. The Morgan fingerprint density at radius 2 is 2.19 bits per heavy atom. The quantitative estimate of drug-likeness (QED) is 0.742. The molecule has 0 amide bonds. The highest BCUT2D eigenvalue weighted by Crippen LogP contribution is 2.09. The zero-order valence-corrected chi connectivity index (χ0v) is 9.30. The van der Waals surface area contributed by atoms with Gasteiger partial charge in [0.25, 0.3) is 0 Å². The number of morpholine rings is 1. The topological polar surface area (TPSA) is 44.7 Å². The summed E-state index contributed by atoms with van der Waals surface area (Å²) < 4.78 is 5.52. The average Bonchev–Trinajstić information content (AvgIpc) is 2.31. The molecule has 1 fully saturated rings. The number of hydroxylamine groups is 1. The van der Waals surface area contributed by atoms with Crippen LogP contribution in [0.15, 0.2) is 30.3 Å². The lowest BCUT2D eigenvalue weighted by atomic mass is 10.2. The van der Waals surface area contributed by atoms with Gasteiger partial charge in [0.15, 0.2) is 0 Å². The summed E-state index contributed by atoms with van der Waals surface area (Å²) >= 11 is 0. The number of ether oxygens (including phenoxy) is 1. The predicted octanol–water partition coefficient (Wildman–Crippen LogP) is 0.866. The molecule has 1 heterocycles. The van der Waals surface area contributed by atoms with E-state index in [0.717, 1.165) is 26.2 Å². The second kappa shape index (κ2) is 5.96. The van der Waals surface area contributed by atoms with Crippen LogP contribution in [0.3, 0.4) is 0 Å². The first-order chi connectivity index (χ1) is 7.88. The molecule has 4 heteroatoms. The summed E-state index contributed by atoms with van der Waals surface area (Å²) in [5.41, 5.74) is 3.49. The summed E-state index contributed by atoms with van der Waals surface area (Å²) in [7, 11) is 0. The molecule has 2 N–H and O–H groups in total. The zero-order chi connectivity index (χ0) is 11.2. The van der Waals surface area contributed by atoms with Crippen molar-refractivity contribution < 1.29 is 9.94 Å². The highest BCUT2D eigenvalue weighted by Gasteiger charge is 2.19. The van der Waals surface area contributed by atoms with E-state index in [1.807, 2.05) is 6.07 Å². The second-order valence-electron chi connectivity index (χ2n) is 4.08. The van der Waals surface area contributed by atoms with Crippen LogP contribution in [0.1, 0.15) is 5.56 Å².